The highest BCUT2D eigenvalue weighted by Crippen LogP contribution is 2.26. The highest BCUT2D eigenvalue weighted by molar-refractivity contribution is 4.65. The molecule has 0 nitrogen and oxygen atoms in total. The molecule has 0 fully saturated rings. The van der Waals surface area contributed by atoms with E-state index in [1.807, 2.05) is 0 Å². The molecule has 0 radical (unpaired) electrons. The predicted molar refractivity (Wildman–Crippen MR) is 84.9 cm³/mol. The van der Waals surface area contributed by atoms with E-state index in [1.54, 1.807) is 0 Å². The Morgan fingerprint density at radius 3 is 1.44 bits per heavy atom. The second kappa shape index (κ2) is 10.9. The molecule has 0 spiro atoms. The first-order valence-electron chi connectivity index (χ1n) is 8.52. The molecule has 0 amide bonds. The summed E-state index contributed by atoms with van der Waals surface area (Å²) in [5.74, 6) is 3.67. The topological polar surface area (TPSA) is 0 Å². The van der Waals surface area contributed by atoms with Crippen LogP contribution in [0, 0.1) is 23.7 Å². The Kier molecular flexibility index (Phi) is 10.9. The van der Waals surface area contributed by atoms with Crippen LogP contribution in [0.5, 0.6) is 0 Å². The van der Waals surface area contributed by atoms with Gasteiger partial charge in [0.2, 0.25) is 0 Å². The lowest BCUT2D eigenvalue weighted by Crippen LogP contribution is -2.10. The van der Waals surface area contributed by atoms with Crippen LogP contribution in [0.3, 0.4) is 0 Å². The van der Waals surface area contributed by atoms with Crippen molar-refractivity contribution < 1.29 is 0 Å². The van der Waals surface area contributed by atoms with Gasteiger partial charge in [0.25, 0.3) is 0 Å². The van der Waals surface area contributed by atoms with Crippen molar-refractivity contribution in [2.75, 3.05) is 0 Å². The van der Waals surface area contributed by atoms with Crippen LogP contribution in [0.2, 0.25) is 0 Å². The van der Waals surface area contributed by atoms with Crippen LogP contribution in [0.1, 0.15) is 92.9 Å². The average molecular weight is 255 g/mol. The molecule has 18 heavy (non-hydrogen) atoms. The highest BCUT2D eigenvalue weighted by atomic mass is 14.2. The summed E-state index contributed by atoms with van der Waals surface area (Å²) in [6, 6.07) is 0. The molecule has 0 N–H and O–H groups in total. The van der Waals surface area contributed by atoms with Gasteiger partial charge in [-0.25, -0.2) is 0 Å². The van der Waals surface area contributed by atoms with E-state index in [4.69, 9.17) is 0 Å². The summed E-state index contributed by atoms with van der Waals surface area (Å²) >= 11 is 0. The van der Waals surface area contributed by atoms with Crippen LogP contribution in [-0.2, 0) is 0 Å². The molecule has 0 bridgehead atoms. The summed E-state index contributed by atoms with van der Waals surface area (Å²) < 4.78 is 0. The third kappa shape index (κ3) is 8.16. The van der Waals surface area contributed by atoms with Crippen LogP contribution in [0.4, 0.5) is 0 Å². The summed E-state index contributed by atoms with van der Waals surface area (Å²) in [5, 5.41) is 0. The van der Waals surface area contributed by atoms with Crippen molar-refractivity contribution in [1.29, 1.82) is 0 Å². The van der Waals surface area contributed by atoms with Crippen molar-refractivity contribution in [1.82, 2.24) is 0 Å². The van der Waals surface area contributed by atoms with E-state index in [9.17, 15) is 0 Å². The molecule has 0 rings (SSSR count). The normalized spacial score (nSPS) is 18.3. The first-order chi connectivity index (χ1) is 8.52. The summed E-state index contributed by atoms with van der Waals surface area (Å²) in [6.45, 7) is 14.4. The second-order valence-corrected chi connectivity index (χ2v) is 6.74. The molecule has 0 saturated carbocycles. The van der Waals surface area contributed by atoms with Crippen molar-refractivity contribution in [2.24, 2.45) is 23.7 Å². The fourth-order valence-electron chi connectivity index (χ4n) is 2.73. The number of hydrogen-bond acceptors (Lipinski definition) is 0. The third-order valence-electron chi connectivity index (χ3n) is 5.17. The Morgan fingerprint density at radius 1 is 0.556 bits per heavy atom. The molecular formula is C18H38. The molecule has 0 aromatic heterocycles. The Morgan fingerprint density at radius 2 is 1.00 bits per heavy atom. The van der Waals surface area contributed by atoms with Gasteiger partial charge in [0, 0.05) is 0 Å². The van der Waals surface area contributed by atoms with Gasteiger partial charge < -0.3 is 0 Å². The van der Waals surface area contributed by atoms with E-state index < -0.39 is 0 Å². The summed E-state index contributed by atoms with van der Waals surface area (Å²) in [5.41, 5.74) is 0. The zero-order valence-electron chi connectivity index (χ0n) is 14.0. The smallest absolute Gasteiger partial charge is 0.0417 e. The quantitative estimate of drug-likeness (QED) is 0.360. The van der Waals surface area contributed by atoms with Crippen molar-refractivity contribution >= 4 is 0 Å². The van der Waals surface area contributed by atoms with Gasteiger partial charge in [0.1, 0.15) is 0 Å². The summed E-state index contributed by atoms with van der Waals surface area (Å²) in [4.78, 5) is 0. The zero-order valence-corrected chi connectivity index (χ0v) is 14.0. The first-order valence-corrected chi connectivity index (χ1v) is 8.52. The molecule has 4 atom stereocenters. The molecule has 4 unspecified atom stereocenters. The maximum atomic E-state index is 2.46. The third-order valence-corrected chi connectivity index (χ3v) is 5.17. The highest BCUT2D eigenvalue weighted by Gasteiger charge is 2.14. The summed E-state index contributed by atoms with van der Waals surface area (Å²) in [7, 11) is 0. The minimum atomic E-state index is 0.905. The maximum Gasteiger partial charge on any atom is -0.0417 e. The zero-order chi connectivity index (χ0) is 14.0. The van der Waals surface area contributed by atoms with E-state index in [1.165, 1.54) is 51.4 Å². The van der Waals surface area contributed by atoms with Crippen LogP contribution >= 0.6 is 0 Å². The molecule has 0 saturated heterocycles. The monoisotopic (exact) mass is 254 g/mol. The average Bonchev–Trinajstić information content (AvgIpc) is 2.37. The molecule has 0 aromatic carbocycles. The van der Waals surface area contributed by atoms with Crippen LogP contribution in [0.25, 0.3) is 0 Å². The number of hydrogen-bond donors (Lipinski definition) is 0. The van der Waals surface area contributed by atoms with E-state index >= 15 is 0 Å². The second-order valence-electron chi connectivity index (χ2n) is 6.74. The molecule has 0 heterocycles. The Hall–Kier alpha value is 0. The molecule has 0 aliphatic rings. The Balaban J connectivity index is 3.65. The molecule has 0 heteroatoms. The fourth-order valence-corrected chi connectivity index (χ4v) is 2.73. The molecule has 0 aliphatic heterocycles. The van der Waals surface area contributed by atoms with E-state index in [0.29, 0.717) is 0 Å². The molecular weight excluding hydrogens is 216 g/mol. The van der Waals surface area contributed by atoms with Crippen LogP contribution < -0.4 is 0 Å². The van der Waals surface area contributed by atoms with Gasteiger partial charge in [-0.15, -0.1) is 0 Å². The van der Waals surface area contributed by atoms with E-state index in [0.717, 1.165) is 23.7 Å². The standard InChI is InChI=1S/C18H38/c1-7-9-10-12-17(5)18(6)14-11-13-16(4)15(3)8-2/h15-18H,7-14H2,1-6H3. The SMILES string of the molecule is CCCCCC(C)C(C)CCCC(C)C(C)CC. The lowest BCUT2D eigenvalue weighted by atomic mass is 9.84. The van der Waals surface area contributed by atoms with Crippen molar-refractivity contribution in [3.63, 3.8) is 0 Å². The Labute approximate surface area is 117 Å². The number of rotatable bonds is 11. The van der Waals surface area contributed by atoms with Gasteiger partial charge in [-0.05, 0) is 23.7 Å². The van der Waals surface area contributed by atoms with Crippen molar-refractivity contribution in [2.45, 2.75) is 92.9 Å². The van der Waals surface area contributed by atoms with Crippen LogP contribution in [-0.4, -0.2) is 0 Å². The minimum Gasteiger partial charge on any atom is -0.0654 e. The number of unbranched alkanes of at least 4 members (excludes halogenated alkanes) is 2. The Bertz CT molecular complexity index is 173. The van der Waals surface area contributed by atoms with Gasteiger partial charge in [-0.2, -0.15) is 0 Å². The van der Waals surface area contributed by atoms with E-state index in [2.05, 4.69) is 41.5 Å². The van der Waals surface area contributed by atoms with Crippen molar-refractivity contribution in [3.8, 4) is 0 Å². The lowest BCUT2D eigenvalue weighted by Gasteiger charge is -2.22. The minimum absolute atomic E-state index is 0.905. The van der Waals surface area contributed by atoms with Gasteiger partial charge in [0.15, 0.2) is 0 Å². The summed E-state index contributed by atoms with van der Waals surface area (Å²) in [6.07, 6.45) is 11.3. The molecule has 0 aliphatic carbocycles. The maximum absolute atomic E-state index is 2.46. The van der Waals surface area contributed by atoms with Gasteiger partial charge in [0.05, 0.1) is 0 Å². The van der Waals surface area contributed by atoms with Gasteiger partial charge in [-0.3, -0.25) is 0 Å². The fraction of sp³-hybridized carbons (Fsp3) is 1.00. The molecule has 110 valence electrons. The lowest BCUT2D eigenvalue weighted by molar-refractivity contribution is 0.294. The molecule has 0 aromatic rings. The predicted octanol–water partition coefficient (Wildman–Crippen LogP) is 6.69. The van der Waals surface area contributed by atoms with Gasteiger partial charge >= 0.3 is 0 Å². The van der Waals surface area contributed by atoms with Crippen molar-refractivity contribution in [3.05, 3.63) is 0 Å². The van der Waals surface area contributed by atoms with Crippen LogP contribution in [0.15, 0.2) is 0 Å². The van der Waals surface area contributed by atoms with Gasteiger partial charge in [-0.1, -0.05) is 92.9 Å². The largest absolute Gasteiger partial charge is 0.0654 e. The first kappa shape index (κ1) is 18.0. The van der Waals surface area contributed by atoms with E-state index in [-0.39, 0.29) is 0 Å².